The maximum atomic E-state index is 12.8. The van der Waals surface area contributed by atoms with Crippen molar-refractivity contribution in [1.82, 2.24) is 0 Å². The Morgan fingerprint density at radius 2 is 2.03 bits per heavy atom. The van der Waals surface area contributed by atoms with Gasteiger partial charge in [0.05, 0.1) is 26.2 Å². The van der Waals surface area contributed by atoms with Crippen molar-refractivity contribution in [2.24, 2.45) is 5.73 Å². The van der Waals surface area contributed by atoms with Crippen LogP contribution in [0.4, 0.5) is 13.2 Å². The molecule has 1 atom stereocenters. The number of hydrogen-bond acceptors (Lipinski definition) is 7. The summed E-state index contributed by atoms with van der Waals surface area (Å²) in [6.07, 6.45) is -3.13. The minimum absolute atomic E-state index is 0.0202. The van der Waals surface area contributed by atoms with E-state index in [-0.39, 0.29) is 36.9 Å². The molecule has 0 saturated heterocycles. The number of alkyl halides is 3. The van der Waals surface area contributed by atoms with Crippen LogP contribution in [0, 0.1) is 0 Å². The second kappa shape index (κ2) is 9.64. The molecule has 32 heavy (non-hydrogen) atoms. The van der Waals surface area contributed by atoms with E-state index in [0.29, 0.717) is 41.1 Å². The molecule has 0 spiro atoms. The normalized spacial score (nSPS) is 18.9. The third kappa shape index (κ3) is 5.07. The number of rotatable bonds is 7. The number of hydrogen-bond donors (Lipinski definition) is 1. The molecule has 0 aromatic heterocycles. The number of allylic oxidation sites excluding steroid dienone is 2. The minimum Gasteiger partial charge on any atom is -0.496 e. The Labute approximate surface area is 182 Å². The highest BCUT2D eigenvalue weighted by atomic mass is 19.4. The maximum absolute atomic E-state index is 12.8. The Bertz CT molecular complexity index is 967. The van der Waals surface area contributed by atoms with Gasteiger partial charge in [-0.2, -0.15) is 13.2 Å². The van der Waals surface area contributed by atoms with Crippen LogP contribution in [0.3, 0.4) is 0 Å². The molecular weight excluding hydrogens is 431 g/mol. The van der Waals surface area contributed by atoms with Crippen molar-refractivity contribution in [2.45, 2.75) is 44.9 Å². The van der Waals surface area contributed by atoms with Gasteiger partial charge < -0.3 is 24.7 Å². The molecular formula is C22H24F3NO6. The molecule has 2 aliphatic rings. The monoisotopic (exact) mass is 455 g/mol. The average molecular weight is 455 g/mol. The summed E-state index contributed by atoms with van der Waals surface area (Å²) in [6, 6.07) is 4.72. The number of ketones is 1. The lowest BCUT2D eigenvalue weighted by Crippen LogP contribution is -2.31. The Hall–Kier alpha value is -3.01. The first-order valence-corrected chi connectivity index (χ1v) is 10.1. The topological polar surface area (TPSA) is 97.1 Å². The van der Waals surface area contributed by atoms with Gasteiger partial charge in [0, 0.05) is 24.0 Å². The van der Waals surface area contributed by atoms with E-state index >= 15 is 0 Å². The SMILES string of the molecule is CCOC(=O)C1=C(N)OC2=C(C(=O)CCC2)C1c1ccc(OC)c(COCC(F)(F)F)c1. The van der Waals surface area contributed by atoms with Crippen molar-refractivity contribution in [2.75, 3.05) is 20.3 Å². The molecule has 0 saturated carbocycles. The van der Waals surface area contributed by atoms with Crippen molar-refractivity contribution in [1.29, 1.82) is 0 Å². The summed E-state index contributed by atoms with van der Waals surface area (Å²) in [5, 5.41) is 0. The van der Waals surface area contributed by atoms with Crippen LogP contribution in [0.1, 0.15) is 43.2 Å². The lowest BCUT2D eigenvalue weighted by atomic mass is 9.77. The number of carbonyl (C=O) groups is 2. The smallest absolute Gasteiger partial charge is 0.411 e. The van der Waals surface area contributed by atoms with Gasteiger partial charge in [-0.1, -0.05) is 6.07 Å². The van der Waals surface area contributed by atoms with Gasteiger partial charge in [0.2, 0.25) is 5.88 Å². The van der Waals surface area contributed by atoms with Gasteiger partial charge in [0.25, 0.3) is 0 Å². The summed E-state index contributed by atoms with van der Waals surface area (Å²) in [4.78, 5) is 25.5. The molecule has 1 aromatic carbocycles. The summed E-state index contributed by atoms with van der Waals surface area (Å²) >= 11 is 0. The van der Waals surface area contributed by atoms with Gasteiger partial charge >= 0.3 is 12.1 Å². The number of esters is 1. The van der Waals surface area contributed by atoms with Crippen molar-refractivity contribution in [3.63, 3.8) is 0 Å². The van der Waals surface area contributed by atoms with Gasteiger partial charge in [-0.05, 0) is 31.0 Å². The van der Waals surface area contributed by atoms with Crippen molar-refractivity contribution < 1.29 is 41.7 Å². The highest BCUT2D eigenvalue weighted by molar-refractivity contribution is 6.03. The molecule has 0 amide bonds. The minimum atomic E-state index is -4.48. The first kappa shape index (κ1) is 23.6. The average Bonchev–Trinajstić information content (AvgIpc) is 2.72. The largest absolute Gasteiger partial charge is 0.496 e. The molecule has 1 aliphatic carbocycles. The zero-order valence-corrected chi connectivity index (χ0v) is 17.7. The van der Waals surface area contributed by atoms with E-state index < -0.39 is 24.7 Å². The fourth-order valence-corrected chi connectivity index (χ4v) is 3.86. The van der Waals surface area contributed by atoms with Gasteiger partial charge in [0.1, 0.15) is 23.7 Å². The van der Waals surface area contributed by atoms with Gasteiger partial charge in [-0.15, -0.1) is 0 Å². The number of ether oxygens (including phenoxy) is 4. The zero-order valence-electron chi connectivity index (χ0n) is 17.7. The second-order valence-corrected chi connectivity index (χ2v) is 7.33. The lowest BCUT2D eigenvalue weighted by Gasteiger charge is -2.32. The van der Waals surface area contributed by atoms with E-state index in [1.807, 2.05) is 0 Å². The standard InChI is InChI=1S/C22H24F3NO6/c1-3-31-21(28)19-17(18-14(27)5-4-6-16(18)32-20(19)26)12-7-8-15(29-2)13(9-12)10-30-11-22(23,24)25/h7-9,17H,3-6,10-11,26H2,1-2H3. The summed E-state index contributed by atoms with van der Waals surface area (Å²) in [5.41, 5.74) is 7.13. The predicted octanol–water partition coefficient (Wildman–Crippen LogP) is 3.63. The third-order valence-corrected chi connectivity index (χ3v) is 5.14. The highest BCUT2D eigenvalue weighted by Crippen LogP contribution is 2.44. The number of halogens is 3. The van der Waals surface area contributed by atoms with E-state index in [4.69, 9.17) is 24.7 Å². The molecule has 3 rings (SSSR count). The maximum Gasteiger partial charge on any atom is 0.411 e. The number of methoxy groups -OCH3 is 1. The van der Waals surface area contributed by atoms with Crippen LogP contribution in [0.2, 0.25) is 0 Å². The fraction of sp³-hybridized carbons (Fsp3) is 0.455. The number of Topliss-reactive ketones (excluding diaryl/α,β-unsaturated/α-hetero) is 1. The molecule has 0 fully saturated rings. The van der Waals surface area contributed by atoms with E-state index in [1.54, 1.807) is 25.1 Å². The first-order valence-electron chi connectivity index (χ1n) is 10.1. The van der Waals surface area contributed by atoms with Crippen molar-refractivity contribution in [3.8, 4) is 5.75 Å². The number of benzene rings is 1. The molecule has 1 unspecified atom stereocenters. The van der Waals surface area contributed by atoms with Crippen LogP contribution in [-0.4, -0.2) is 38.3 Å². The van der Waals surface area contributed by atoms with Crippen LogP contribution >= 0.6 is 0 Å². The Morgan fingerprint density at radius 1 is 1.28 bits per heavy atom. The summed E-state index contributed by atoms with van der Waals surface area (Å²) in [5.74, 6) is -1.25. The molecule has 2 N–H and O–H groups in total. The van der Waals surface area contributed by atoms with E-state index in [2.05, 4.69) is 0 Å². The number of carbonyl (C=O) groups excluding carboxylic acids is 2. The van der Waals surface area contributed by atoms with Crippen molar-refractivity contribution in [3.05, 3.63) is 52.1 Å². The second-order valence-electron chi connectivity index (χ2n) is 7.33. The Morgan fingerprint density at radius 3 is 2.69 bits per heavy atom. The van der Waals surface area contributed by atoms with Crippen LogP contribution in [0.5, 0.6) is 5.75 Å². The van der Waals surface area contributed by atoms with Crippen LogP contribution in [0.15, 0.2) is 41.0 Å². The predicted molar refractivity (Wildman–Crippen MR) is 106 cm³/mol. The Balaban J connectivity index is 2.06. The van der Waals surface area contributed by atoms with Gasteiger partial charge in [0.15, 0.2) is 5.78 Å². The quantitative estimate of drug-likeness (QED) is 0.627. The molecule has 0 radical (unpaired) electrons. The third-order valence-electron chi connectivity index (χ3n) is 5.14. The summed E-state index contributed by atoms with van der Waals surface area (Å²) < 4.78 is 58.3. The van der Waals surface area contributed by atoms with Crippen LogP contribution < -0.4 is 10.5 Å². The van der Waals surface area contributed by atoms with Crippen molar-refractivity contribution >= 4 is 11.8 Å². The van der Waals surface area contributed by atoms with Crippen LogP contribution in [-0.2, 0) is 30.4 Å². The first-order chi connectivity index (χ1) is 15.2. The van der Waals surface area contributed by atoms with E-state index in [0.717, 1.165) is 0 Å². The lowest BCUT2D eigenvalue weighted by molar-refractivity contribution is -0.176. The highest BCUT2D eigenvalue weighted by Gasteiger charge is 2.41. The van der Waals surface area contributed by atoms with E-state index in [1.165, 1.54) is 7.11 Å². The van der Waals surface area contributed by atoms with Gasteiger partial charge in [-0.3, -0.25) is 4.79 Å². The number of nitrogens with two attached hydrogens (primary N) is 1. The van der Waals surface area contributed by atoms with E-state index in [9.17, 15) is 22.8 Å². The Kier molecular flexibility index (Phi) is 7.12. The van der Waals surface area contributed by atoms with Gasteiger partial charge in [-0.25, -0.2) is 4.79 Å². The molecule has 7 nitrogen and oxygen atoms in total. The zero-order chi connectivity index (χ0) is 23.5. The molecule has 1 heterocycles. The fourth-order valence-electron chi connectivity index (χ4n) is 3.86. The molecule has 0 bridgehead atoms. The molecule has 10 heteroatoms. The summed E-state index contributed by atoms with van der Waals surface area (Å²) in [7, 11) is 1.38. The summed E-state index contributed by atoms with van der Waals surface area (Å²) in [6.45, 7) is -0.0888. The molecule has 174 valence electrons. The molecule has 1 aliphatic heterocycles. The van der Waals surface area contributed by atoms with Crippen LogP contribution in [0.25, 0.3) is 0 Å². The molecule has 1 aromatic rings.